The molecule has 0 aromatic heterocycles. The van der Waals surface area contributed by atoms with Crippen molar-refractivity contribution >= 4 is 32.9 Å². The van der Waals surface area contributed by atoms with Gasteiger partial charge < -0.3 is 5.32 Å². The lowest BCUT2D eigenvalue weighted by Crippen LogP contribution is -2.14. The molecule has 0 bridgehead atoms. The summed E-state index contributed by atoms with van der Waals surface area (Å²) >= 11 is 0. The van der Waals surface area contributed by atoms with Crippen molar-refractivity contribution < 1.29 is 13.2 Å². The van der Waals surface area contributed by atoms with E-state index in [0.717, 1.165) is 11.4 Å². The third kappa shape index (κ3) is 4.33. The molecule has 0 radical (unpaired) electrons. The van der Waals surface area contributed by atoms with Crippen LogP contribution in [0.5, 0.6) is 0 Å². The fourth-order valence-electron chi connectivity index (χ4n) is 1.86. The highest BCUT2D eigenvalue weighted by Gasteiger charge is 2.06. The number of carbonyl (C=O) groups is 1. The number of benzene rings is 2. The Morgan fingerprint density at radius 2 is 1.64 bits per heavy atom. The Hall–Kier alpha value is -2.34. The highest BCUT2D eigenvalue weighted by atomic mass is 32.2. The van der Waals surface area contributed by atoms with Crippen LogP contribution in [-0.4, -0.2) is 20.0 Å². The van der Waals surface area contributed by atoms with Gasteiger partial charge in [0.15, 0.2) is 5.78 Å². The van der Waals surface area contributed by atoms with Crippen LogP contribution in [-0.2, 0) is 10.0 Å². The third-order valence-electron chi connectivity index (χ3n) is 3.10. The van der Waals surface area contributed by atoms with Crippen molar-refractivity contribution in [2.75, 3.05) is 15.8 Å². The quantitative estimate of drug-likeness (QED) is 0.801. The Bertz CT molecular complexity index is 768. The van der Waals surface area contributed by atoms with Gasteiger partial charge in [-0.05, 0) is 50.2 Å². The molecule has 2 aromatic carbocycles. The molecular weight excluding hydrogens is 300 g/mol. The molecule has 6 heteroatoms. The predicted molar refractivity (Wildman–Crippen MR) is 89.3 cm³/mol. The van der Waals surface area contributed by atoms with Gasteiger partial charge in [-0.3, -0.25) is 9.52 Å². The number of Topliss-reactive ketones (excluding diaryl/α,β-unsaturated/α-hetero) is 1. The molecule has 0 atom stereocenters. The van der Waals surface area contributed by atoms with E-state index in [9.17, 15) is 13.2 Å². The molecule has 0 aliphatic heterocycles. The minimum atomic E-state index is -3.27. The summed E-state index contributed by atoms with van der Waals surface area (Å²) < 4.78 is 25.5. The van der Waals surface area contributed by atoms with Crippen molar-refractivity contribution in [2.24, 2.45) is 0 Å². The first-order chi connectivity index (χ1) is 10.4. The van der Waals surface area contributed by atoms with E-state index in [1.807, 2.05) is 12.1 Å². The number of ketones is 1. The summed E-state index contributed by atoms with van der Waals surface area (Å²) in [4.78, 5) is 11.4. The molecule has 0 heterocycles. The Morgan fingerprint density at radius 3 is 2.23 bits per heavy atom. The second-order valence-corrected chi connectivity index (χ2v) is 6.86. The van der Waals surface area contributed by atoms with Crippen molar-refractivity contribution in [1.82, 2.24) is 0 Å². The zero-order valence-electron chi connectivity index (χ0n) is 12.5. The highest BCUT2D eigenvalue weighted by Crippen LogP contribution is 2.20. The largest absolute Gasteiger partial charge is 0.356 e. The van der Waals surface area contributed by atoms with Gasteiger partial charge in [0.25, 0.3) is 0 Å². The molecule has 0 amide bonds. The molecule has 0 saturated heterocycles. The first-order valence-corrected chi connectivity index (χ1v) is 8.53. The van der Waals surface area contributed by atoms with Crippen molar-refractivity contribution in [3.05, 3.63) is 54.1 Å². The molecule has 0 spiro atoms. The summed E-state index contributed by atoms with van der Waals surface area (Å²) in [7, 11) is -3.27. The van der Waals surface area contributed by atoms with Crippen LogP contribution in [0.25, 0.3) is 0 Å². The highest BCUT2D eigenvalue weighted by molar-refractivity contribution is 7.92. The minimum Gasteiger partial charge on any atom is -0.356 e. The summed E-state index contributed by atoms with van der Waals surface area (Å²) in [6.07, 6.45) is 0. The normalized spacial score (nSPS) is 11.0. The summed E-state index contributed by atoms with van der Waals surface area (Å²) in [5, 5.41) is 3.17. The molecule has 2 aromatic rings. The smallest absolute Gasteiger partial charge is 0.232 e. The van der Waals surface area contributed by atoms with Gasteiger partial charge in [-0.15, -0.1) is 0 Å². The summed E-state index contributed by atoms with van der Waals surface area (Å²) in [5.41, 5.74) is 2.76. The van der Waals surface area contributed by atoms with E-state index < -0.39 is 10.0 Å². The Kier molecular flexibility index (Phi) is 4.82. The van der Waals surface area contributed by atoms with Crippen molar-refractivity contribution in [2.45, 2.75) is 13.8 Å². The van der Waals surface area contributed by atoms with Crippen LogP contribution in [0.1, 0.15) is 24.2 Å². The Morgan fingerprint density at radius 1 is 1.00 bits per heavy atom. The van der Waals surface area contributed by atoms with E-state index in [4.69, 9.17) is 0 Å². The summed E-state index contributed by atoms with van der Waals surface area (Å²) in [6, 6.07) is 14.1. The molecule has 0 aliphatic carbocycles. The first-order valence-electron chi connectivity index (χ1n) is 6.88. The average Bonchev–Trinajstić information content (AvgIpc) is 2.49. The van der Waals surface area contributed by atoms with E-state index >= 15 is 0 Å². The lowest BCUT2D eigenvalue weighted by molar-refractivity contribution is 0.101. The van der Waals surface area contributed by atoms with Gasteiger partial charge in [0.05, 0.1) is 5.75 Å². The zero-order chi connectivity index (χ0) is 16.2. The van der Waals surface area contributed by atoms with Crippen LogP contribution in [0.4, 0.5) is 17.1 Å². The third-order valence-corrected chi connectivity index (χ3v) is 4.40. The van der Waals surface area contributed by atoms with Gasteiger partial charge >= 0.3 is 0 Å². The van der Waals surface area contributed by atoms with E-state index in [2.05, 4.69) is 10.0 Å². The van der Waals surface area contributed by atoms with Crippen LogP contribution in [0.3, 0.4) is 0 Å². The molecule has 5 nitrogen and oxygen atoms in total. The van der Waals surface area contributed by atoms with Gasteiger partial charge in [0.1, 0.15) is 0 Å². The Balaban J connectivity index is 2.11. The molecule has 2 N–H and O–H groups in total. The maximum absolute atomic E-state index is 11.5. The number of anilines is 3. The maximum Gasteiger partial charge on any atom is 0.232 e. The van der Waals surface area contributed by atoms with E-state index in [1.54, 1.807) is 43.3 Å². The lowest BCUT2D eigenvalue weighted by atomic mass is 10.1. The van der Waals surface area contributed by atoms with E-state index in [1.165, 1.54) is 6.92 Å². The second-order valence-electron chi connectivity index (χ2n) is 4.84. The van der Waals surface area contributed by atoms with Crippen LogP contribution in [0.2, 0.25) is 0 Å². The molecule has 2 rings (SSSR count). The molecular formula is C16H18N2O3S. The van der Waals surface area contributed by atoms with Crippen molar-refractivity contribution in [3.8, 4) is 0 Å². The van der Waals surface area contributed by atoms with Crippen LogP contribution >= 0.6 is 0 Å². The summed E-state index contributed by atoms with van der Waals surface area (Å²) in [5.74, 6) is 0.0400. The number of carbonyl (C=O) groups excluding carboxylic acids is 1. The van der Waals surface area contributed by atoms with Gasteiger partial charge in [-0.25, -0.2) is 8.42 Å². The number of rotatable bonds is 6. The summed E-state index contributed by atoms with van der Waals surface area (Å²) in [6.45, 7) is 3.11. The fraction of sp³-hybridized carbons (Fsp3) is 0.188. The Labute approximate surface area is 130 Å². The lowest BCUT2D eigenvalue weighted by Gasteiger charge is -2.09. The molecule has 0 fully saturated rings. The molecule has 22 heavy (non-hydrogen) atoms. The zero-order valence-corrected chi connectivity index (χ0v) is 13.3. The maximum atomic E-state index is 11.5. The van der Waals surface area contributed by atoms with E-state index in [0.29, 0.717) is 11.3 Å². The van der Waals surface area contributed by atoms with Crippen LogP contribution < -0.4 is 10.0 Å². The predicted octanol–water partition coefficient (Wildman–Crippen LogP) is 3.39. The molecule has 0 aliphatic rings. The SMILES string of the molecule is CCS(=O)(=O)Nc1ccc(Nc2cccc(C(C)=O)c2)cc1. The van der Waals surface area contributed by atoms with Crippen molar-refractivity contribution in [3.63, 3.8) is 0 Å². The van der Waals surface area contributed by atoms with Gasteiger partial charge in [0.2, 0.25) is 10.0 Å². The molecule has 0 unspecified atom stereocenters. The number of hydrogen-bond donors (Lipinski definition) is 2. The van der Waals surface area contributed by atoms with Crippen LogP contribution in [0.15, 0.2) is 48.5 Å². The number of hydrogen-bond acceptors (Lipinski definition) is 4. The molecule has 0 saturated carbocycles. The minimum absolute atomic E-state index is 0.00738. The average molecular weight is 318 g/mol. The standard InChI is InChI=1S/C16H18N2O3S/c1-3-22(20,21)18-15-9-7-14(8-10-15)17-16-6-4-5-13(11-16)12(2)19/h4-11,17-18H,3H2,1-2H3. The van der Waals surface area contributed by atoms with Gasteiger partial charge in [-0.2, -0.15) is 0 Å². The monoisotopic (exact) mass is 318 g/mol. The van der Waals surface area contributed by atoms with E-state index in [-0.39, 0.29) is 11.5 Å². The molecule has 116 valence electrons. The second kappa shape index (κ2) is 6.62. The number of sulfonamides is 1. The fourth-order valence-corrected chi connectivity index (χ4v) is 2.50. The van der Waals surface area contributed by atoms with Gasteiger partial charge in [-0.1, -0.05) is 12.1 Å². The van der Waals surface area contributed by atoms with Crippen LogP contribution in [0, 0.1) is 0 Å². The van der Waals surface area contributed by atoms with Gasteiger partial charge in [0, 0.05) is 22.6 Å². The number of nitrogens with one attached hydrogen (secondary N) is 2. The topological polar surface area (TPSA) is 75.3 Å². The first kappa shape index (κ1) is 16.0. The van der Waals surface area contributed by atoms with Crippen molar-refractivity contribution in [1.29, 1.82) is 0 Å².